The van der Waals surface area contributed by atoms with E-state index in [4.69, 9.17) is 9.47 Å². The van der Waals surface area contributed by atoms with E-state index in [9.17, 15) is 9.18 Å². The molecule has 0 radical (unpaired) electrons. The molecule has 120 valence electrons. The van der Waals surface area contributed by atoms with Crippen LogP contribution < -0.4 is 14.8 Å². The average molecular weight is 316 g/mol. The molecular weight excluding hydrogens is 299 g/mol. The number of halogens is 1. The Morgan fingerprint density at radius 3 is 2.78 bits per heavy atom. The first-order chi connectivity index (χ1) is 11.1. The second-order valence-electron chi connectivity index (χ2n) is 4.53. The number of carbonyl (C=O) groups is 1. The lowest BCUT2D eigenvalue weighted by Crippen LogP contribution is -2.09. The third-order valence-electron chi connectivity index (χ3n) is 2.89. The lowest BCUT2D eigenvalue weighted by atomic mass is 10.2. The van der Waals surface area contributed by atoms with Crippen LogP contribution >= 0.6 is 0 Å². The summed E-state index contributed by atoms with van der Waals surface area (Å²) in [5.74, 6) is 0.698. The number of ether oxygens (including phenoxy) is 2. The van der Waals surface area contributed by atoms with Crippen molar-refractivity contribution < 1.29 is 18.7 Å². The molecule has 2 aromatic rings. The van der Waals surface area contributed by atoms with Gasteiger partial charge in [-0.3, -0.25) is 4.79 Å². The third-order valence-corrected chi connectivity index (χ3v) is 2.89. The average Bonchev–Trinajstić information content (AvgIpc) is 2.56. The van der Waals surface area contributed by atoms with Crippen LogP contribution in [0.2, 0.25) is 0 Å². The molecule has 2 rings (SSSR count). The van der Waals surface area contributed by atoms with Crippen LogP contribution in [-0.4, -0.2) is 24.6 Å². The highest BCUT2D eigenvalue weighted by molar-refractivity contribution is 6.01. The fraction of sp³-hybridized carbons (Fsp3) is 0.176. The van der Waals surface area contributed by atoms with Crippen LogP contribution in [0, 0.1) is 5.82 Å². The molecule has 0 fully saturated rings. The van der Waals surface area contributed by atoms with Gasteiger partial charge in [0.05, 0.1) is 19.9 Å². The molecule has 0 saturated heterocycles. The molecule has 0 bridgehead atoms. The molecule has 0 aliphatic carbocycles. The summed E-state index contributed by atoms with van der Waals surface area (Å²) in [5.41, 5.74) is 0.785. The molecule has 0 aliphatic rings. The van der Waals surface area contributed by atoms with Crippen molar-refractivity contribution in [3.05, 3.63) is 54.0 Å². The van der Waals surface area contributed by atoms with Crippen molar-refractivity contribution in [2.75, 3.05) is 19.0 Å². The van der Waals surface area contributed by atoms with E-state index in [1.54, 1.807) is 25.3 Å². The van der Waals surface area contributed by atoms with Crippen molar-refractivity contribution in [2.24, 2.45) is 0 Å². The number of methoxy groups -OCH3 is 1. The Morgan fingerprint density at radius 2 is 2.13 bits per heavy atom. The fourth-order valence-electron chi connectivity index (χ4n) is 1.85. The van der Waals surface area contributed by atoms with Crippen molar-refractivity contribution in [3.8, 4) is 11.5 Å². The highest BCUT2D eigenvalue weighted by Gasteiger charge is 2.04. The van der Waals surface area contributed by atoms with Gasteiger partial charge in [-0.05, 0) is 42.8 Å². The van der Waals surface area contributed by atoms with Crippen LogP contribution in [0.25, 0.3) is 6.08 Å². The Hall–Kier alpha value is -2.89. The lowest BCUT2D eigenvalue weighted by Gasteiger charge is -2.09. The highest BCUT2D eigenvalue weighted by Crippen LogP contribution is 2.28. The third kappa shape index (κ3) is 4.81. The van der Waals surface area contributed by atoms with Crippen LogP contribution in [0.1, 0.15) is 12.5 Å². The SMILES string of the molecule is CCOc1ccc(/C=C/C(=O)Nc2ccc(F)cn2)cc1OC. The van der Waals surface area contributed by atoms with E-state index in [1.807, 2.05) is 13.0 Å². The first-order valence-electron chi connectivity index (χ1n) is 7.04. The number of nitrogens with one attached hydrogen (secondary N) is 1. The molecule has 0 spiro atoms. The normalized spacial score (nSPS) is 10.6. The van der Waals surface area contributed by atoms with E-state index in [-0.39, 0.29) is 11.7 Å². The Balaban J connectivity index is 2.04. The van der Waals surface area contributed by atoms with Crippen LogP contribution in [0.5, 0.6) is 11.5 Å². The van der Waals surface area contributed by atoms with E-state index in [2.05, 4.69) is 10.3 Å². The molecule has 0 aliphatic heterocycles. The minimum Gasteiger partial charge on any atom is -0.493 e. The molecule has 23 heavy (non-hydrogen) atoms. The maximum Gasteiger partial charge on any atom is 0.249 e. The molecule has 1 aromatic heterocycles. The number of nitrogens with zero attached hydrogens (tertiary/aromatic N) is 1. The zero-order valence-electron chi connectivity index (χ0n) is 12.9. The number of anilines is 1. The van der Waals surface area contributed by atoms with E-state index in [0.717, 1.165) is 11.8 Å². The van der Waals surface area contributed by atoms with Gasteiger partial charge in [-0.2, -0.15) is 0 Å². The predicted octanol–water partition coefficient (Wildman–Crippen LogP) is 3.28. The summed E-state index contributed by atoms with van der Waals surface area (Å²) in [6, 6.07) is 7.98. The fourth-order valence-corrected chi connectivity index (χ4v) is 1.85. The smallest absolute Gasteiger partial charge is 0.249 e. The summed E-state index contributed by atoms with van der Waals surface area (Å²) in [5, 5.41) is 2.54. The molecular formula is C17H17FN2O3. The topological polar surface area (TPSA) is 60.5 Å². The van der Waals surface area contributed by atoms with Gasteiger partial charge in [0.1, 0.15) is 11.6 Å². The molecule has 1 amide bonds. The minimum absolute atomic E-state index is 0.283. The zero-order chi connectivity index (χ0) is 16.7. The maximum absolute atomic E-state index is 12.7. The number of pyridine rings is 1. The van der Waals surface area contributed by atoms with Gasteiger partial charge < -0.3 is 14.8 Å². The van der Waals surface area contributed by atoms with Gasteiger partial charge in [-0.1, -0.05) is 6.07 Å². The Kier molecular flexibility index (Phi) is 5.68. The molecule has 1 heterocycles. The number of carbonyl (C=O) groups excluding carboxylic acids is 1. The number of benzene rings is 1. The Labute approximate surface area is 133 Å². The molecule has 0 unspecified atom stereocenters. The monoisotopic (exact) mass is 316 g/mol. The summed E-state index contributed by atoms with van der Waals surface area (Å²) in [4.78, 5) is 15.6. The largest absolute Gasteiger partial charge is 0.493 e. The summed E-state index contributed by atoms with van der Waals surface area (Å²) in [6.45, 7) is 2.43. The maximum atomic E-state index is 12.7. The van der Waals surface area contributed by atoms with Crippen molar-refractivity contribution in [1.29, 1.82) is 0 Å². The highest BCUT2D eigenvalue weighted by atomic mass is 19.1. The quantitative estimate of drug-likeness (QED) is 0.831. The Morgan fingerprint density at radius 1 is 1.30 bits per heavy atom. The van der Waals surface area contributed by atoms with Crippen LogP contribution in [0.4, 0.5) is 10.2 Å². The van der Waals surface area contributed by atoms with E-state index >= 15 is 0 Å². The number of aromatic nitrogens is 1. The summed E-state index contributed by atoms with van der Waals surface area (Å²) in [7, 11) is 1.55. The zero-order valence-corrected chi connectivity index (χ0v) is 12.9. The minimum atomic E-state index is -0.458. The molecule has 5 nitrogen and oxygen atoms in total. The van der Waals surface area contributed by atoms with Gasteiger partial charge in [0.15, 0.2) is 11.5 Å². The molecule has 1 N–H and O–H groups in total. The van der Waals surface area contributed by atoms with Crippen molar-refractivity contribution in [2.45, 2.75) is 6.92 Å². The van der Waals surface area contributed by atoms with Crippen molar-refractivity contribution >= 4 is 17.8 Å². The standard InChI is InChI=1S/C17H17FN2O3/c1-3-23-14-7-4-12(10-15(14)22-2)5-9-17(21)20-16-8-6-13(18)11-19-16/h4-11H,3H2,1-2H3,(H,19,20,21)/b9-5+. The van der Waals surface area contributed by atoms with Gasteiger partial charge in [0, 0.05) is 6.08 Å². The van der Waals surface area contributed by atoms with Gasteiger partial charge in [0.25, 0.3) is 0 Å². The van der Waals surface area contributed by atoms with Gasteiger partial charge in [-0.15, -0.1) is 0 Å². The summed E-state index contributed by atoms with van der Waals surface area (Å²) >= 11 is 0. The lowest BCUT2D eigenvalue weighted by molar-refractivity contribution is -0.111. The van der Waals surface area contributed by atoms with Crippen LogP contribution in [0.15, 0.2) is 42.6 Å². The second kappa shape index (κ2) is 7.93. The summed E-state index contributed by atoms with van der Waals surface area (Å²) in [6.07, 6.45) is 4.04. The number of rotatable bonds is 6. The van der Waals surface area contributed by atoms with Gasteiger partial charge in [-0.25, -0.2) is 9.37 Å². The molecule has 6 heteroatoms. The Bertz CT molecular complexity index is 699. The molecule has 1 aromatic carbocycles. The number of hydrogen-bond donors (Lipinski definition) is 1. The molecule has 0 saturated carbocycles. The van der Waals surface area contributed by atoms with Crippen LogP contribution in [-0.2, 0) is 4.79 Å². The second-order valence-corrected chi connectivity index (χ2v) is 4.53. The first kappa shape index (κ1) is 16.5. The van der Waals surface area contributed by atoms with Crippen molar-refractivity contribution in [3.63, 3.8) is 0 Å². The van der Waals surface area contributed by atoms with E-state index < -0.39 is 5.82 Å². The van der Waals surface area contributed by atoms with Gasteiger partial charge >= 0.3 is 0 Å². The predicted molar refractivity (Wildman–Crippen MR) is 86.0 cm³/mol. The van der Waals surface area contributed by atoms with Gasteiger partial charge in [0.2, 0.25) is 5.91 Å². The number of amides is 1. The summed E-state index contributed by atoms with van der Waals surface area (Å²) < 4.78 is 23.4. The van der Waals surface area contributed by atoms with E-state index in [1.165, 1.54) is 18.2 Å². The molecule has 0 atom stereocenters. The van der Waals surface area contributed by atoms with E-state index in [0.29, 0.717) is 18.1 Å². The first-order valence-corrected chi connectivity index (χ1v) is 7.04. The number of hydrogen-bond acceptors (Lipinski definition) is 4. The van der Waals surface area contributed by atoms with Crippen LogP contribution in [0.3, 0.4) is 0 Å². The van der Waals surface area contributed by atoms with Crippen molar-refractivity contribution in [1.82, 2.24) is 4.98 Å².